The molecule has 1 fully saturated rings. The van der Waals surface area contributed by atoms with E-state index in [9.17, 15) is 10.1 Å². The molecule has 142 valence electrons. The van der Waals surface area contributed by atoms with Gasteiger partial charge in [0.15, 0.2) is 0 Å². The molecule has 1 aliphatic rings. The number of amides is 1. The van der Waals surface area contributed by atoms with Gasteiger partial charge in [-0.2, -0.15) is 5.26 Å². The molecule has 5 nitrogen and oxygen atoms in total. The van der Waals surface area contributed by atoms with Gasteiger partial charge in [0, 0.05) is 24.5 Å². The molecule has 1 amide bonds. The van der Waals surface area contributed by atoms with Crippen molar-refractivity contribution in [3.8, 4) is 6.07 Å². The van der Waals surface area contributed by atoms with Crippen molar-refractivity contribution in [2.45, 2.75) is 59.4 Å². The van der Waals surface area contributed by atoms with Gasteiger partial charge in [0.05, 0.1) is 0 Å². The van der Waals surface area contributed by atoms with Crippen LogP contribution < -0.4 is 5.32 Å². The van der Waals surface area contributed by atoms with E-state index in [-0.39, 0.29) is 11.5 Å². The van der Waals surface area contributed by atoms with Crippen LogP contribution >= 0.6 is 0 Å². The highest BCUT2D eigenvalue weighted by Gasteiger charge is 2.13. The first kappa shape index (κ1) is 20.3. The number of nitriles is 1. The summed E-state index contributed by atoms with van der Waals surface area (Å²) in [7, 11) is 0. The molecule has 1 aromatic rings. The number of carbonyl (C=O) groups is 1. The molecule has 26 heavy (non-hydrogen) atoms. The zero-order valence-electron chi connectivity index (χ0n) is 16.5. The van der Waals surface area contributed by atoms with E-state index in [1.807, 2.05) is 13.0 Å². The normalized spacial score (nSPS) is 15.7. The number of hydrogen-bond acceptors (Lipinski definition) is 3. The van der Waals surface area contributed by atoms with Crippen LogP contribution in [-0.4, -0.2) is 41.6 Å². The Hall–Kier alpha value is -2.06. The molecular weight excluding hydrogens is 324 g/mol. The molecular formula is C21H32N4O. The maximum Gasteiger partial charge on any atom is 0.261 e. The number of hydrogen-bond donors (Lipinski definition) is 1. The lowest BCUT2D eigenvalue weighted by atomic mass is 10.1. The molecule has 2 heterocycles. The molecule has 1 saturated heterocycles. The molecule has 1 N–H and O–H groups in total. The van der Waals surface area contributed by atoms with Crippen LogP contribution in [0.15, 0.2) is 11.6 Å². The molecule has 0 radical (unpaired) electrons. The Labute approximate surface area is 157 Å². The van der Waals surface area contributed by atoms with Crippen LogP contribution in [0.3, 0.4) is 0 Å². The Morgan fingerprint density at radius 2 is 2.00 bits per heavy atom. The molecule has 0 bridgehead atoms. The molecule has 2 rings (SSSR count). The van der Waals surface area contributed by atoms with Gasteiger partial charge in [-0.1, -0.05) is 13.3 Å². The standard InChI is InChI=1S/C21H32N4O/c1-4-10-25-17(2)14-19(18(25)3)15-20(16-22)21(26)23-9-8-13-24-11-6-5-7-12-24/h14-15H,4-13H2,1-3H3,(H,23,26)/b20-15+. The van der Waals surface area contributed by atoms with E-state index in [0.717, 1.165) is 42.9 Å². The first-order valence-corrected chi connectivity index (χ1v) is 9.86. The average molecular weight is 357 g/mol. The van der Waals surface area contributed by atoms with Crippen LogP contribution in [0.1, 0.15) is 56.0 Å². The Morgan fingerprint density at radius 3 is 2.65 bits per heavy atom. The van der Waals surface area contributed by atoms with Crippen molar-refractivity contribution >= 4 is 12.0 Å². The van der Waals surface area contributed by atoms with E-state index in [1.165, 1.54) is 32.4 Å². The second kappa shape index (κ2) is 10.2. The van der Waals surface area contributed by atoms with Crippen molar-refractivity contribution in [3.63, 3.8) is 0 Å². The Kier molecular flexibility index (Phi) is 7.93. The Balaban J connectivity index is 1.90. The van der Waals surface area contributed by atoms with Gasteiger partial charge in [0.25, 0.3) is 5.91 Å². The van der Waals surface area contributed by atoms with Crippen molar-refractivity contribution < 1.29 is 4.79 Å². The number of aromatic nitrogens is 1. The van der Waals surface area contributed by atoms with Gasteiger partial charge in [0.2, 0.25) is 0 Å². The van der Waals surface area contributed by atoms with Crippen molar-refractivity contribution in [3.05, 3.63) is 28.6 Å². The summed E-state index contributed by atoms with van der Waals surface area (Å²) < 4.78 is 2.23. The highest BCUT2D eigenvalue weighted by molar-refractivity contribution is 6.01. The maximum atomic E-state index is 12.3. The monoisotopic (exact) mass is 356 g/mol. The van der Waals surface area contributed by atoms with Crippen LogP contribution in [0.5, 0.6) is 0 Å². The second-order valence-corrected chi connectivity index (χ2v) is 7.16. The minimum absolute atomic E-state index is 0.180. The van der Waals surface area contributed by atoms with E-state index >= 15 is 0 Å². The van der Waals surface area contributed by atoms with Gasteiger partial charge in [-0.15, -0.1) is 0 Å². The van der Waals surface area contributed by atoms with Crippen molar-refractivity contribution in [2.24, 2.45) is 0 Å². The van der Waals surface area contributed by atoms with Gasteiger partial charge in [-0.25, -0.2) is 0 Å². The lowest BCUT2D eigenvalue weighted by Crippen LogP contribution is -2.33. The Morgan fingerprint density at radius 1 is 1.27 bits per heavy atom. The summed E-state index contributed by atoms with van der Waals surface area (Å²) in [4.78, 5) is 14.8. The lowest BCUT2D eigenvalue weighted by Gasteiger charge is -2.26. The summed E-state index contributed by atoms with van der Waals surface area (Å²) in [6.45, 7) is 11.2. The number of likely N-dealkylation sites (tertiary alicyclic amines) is 1. The summed E-state index contributed by atoms with van der Waals surface area (Å²) >= 11 is 0. The quantitative estimate of drug-likeness (QED) is 0.441. The van der Waals surface area contributed by atoms with Gasteiger partial charge in [-0.3, -0.25) is 4.79 Å². The zero-order valence-corrected chi connectivity index (χ0v) is 16.5. The number of nitrogens with zero attached hydrogens (tertiary/aromatic N) is 3. The first-order valence-electron chi connectivity index (χ1n) is 9.86. The summed E-state index contributed by atoms with van der Waals surface area (Å²) in [5.74, 6) is -0.272. The molecule has 0 aromatic carbocycles. The van der Waals surface area contributed by atoms with E-state index in [2.05, 4.69) is 34.7 Å². The molecule has 1 aromatic heterocycles. The predicted molar refractivity (Wildman–Crippen MR) is 106 cm³/mol. The summed E-state index contributed by atoms with van der Waals surface area (Å²) in [5, 5.41) is 12.3. The summed E-state index contributed by atoms with van der Waals surface area (Å²) in [5.41, 5.74) is 3.40. The number of piperidine rings is 1. The van der Waals surface area contributed by atoms with Crippen molar-refractivity contribution in [2.75, 3.05) is 26.2 Å². The molecule has 0 spiro atoms. The van der Waals surface area contributed by atoms with E-state index in [1.54, 1.807) is 6.08 Å². The molecule has 0 saturated carbocycles. The molecule has 1 aliphatic heterocycles. The topological polar surface area (TPSA) is 61.1 Å². The fourth-order valence-corrected chi connectivity index (χ4v) is 3.63. The van der Waals surface area contributed by atoms with Gasteiger partial charge < -0.3 is 14.8 Å². The van der Waals surface area contributed by atoms with Crippen LogP contribution in [0.25, 0.3) is 6.08 Å². The summed E-state index contributed by atoms with van der Waals surface area (Å²) in [6.07, 6.45) is 7.60. The highest BCUT2D eigenvalue weighted by Crippen LogP contribution is 2.18. The van der Waals surface area contributed by atoms with Gasteiger partial charge in [-0.05, 0) is 76.9 Å². The predicted octanol–water partition coefficient (Wildman–Crippen LogP) is 3.41. The smallest absolute Gasteiger partial charge is 0.261 e. The lowest BCUT2D eigenvalue weighted by molar-refractivity contribution is -0.117. The molecule has 5 heteroatoms. The first-order chi connectivity index (χ1) is 12.6. The van der Waals surface area contributed by atoms with Gasteiger partial charge in [0.1, 0.15) is 11.6 Å². The number of rotatable bonds is 8. The largest absolute Gasteiger partial charge is 0.351 e. The third-order valence-electron chi connectivity index (χ3n) is 5.11. The number of aryl methyl sites for hydroxylation is 1. The minimum Gasteiger partial charge on any atom is -0.351 e. The van der Waals surface area contributed by atoms with E-state index in [4.69, 9.17) is 0 Å². The fraction of sp³-hybridized carbons (Fsp3) is 0.619. The van der Waals surface area contributed by atoms with Crippen molar-refractivity contribution in [1.82, 2.24) is 14.8 Å². The summed E-state index contributed by atoms with van der Waals surface area (Å²) in [6, 6.07) is 4.11. The molecule has 0 unspecified atom stereocenters. The van der Waals surface area contributed by atoms with E-state index in [0.29, 0.717) is 6.54 Å². The SMILES string of the molecule is CCCn1c(C)cc(/C=C(\C#N)C(=O)NCCCN2CCCCC2)c1C. The molecule has 0 atom stereocenters. The second-order valence-electron chi connectivity index (χ2n) is 7.16. The van der Waals surface area contributed by atoms with Crippen molar-refractivity contribution in [1.29, 1.82) is 5.26 Å². The number of nitrogens with one attached hydrogen (secondary N) is 1. The van der Waals surface area contributed by atoms with Crippen LogP contribution in [0.2, 0.25) is 0 Å². The minimum atomic E-state index is -0.272. The fourth-order valence-electron chi connectivity index (χ4n) is 3.63. The third kappa shape index (κ3) is 5.47. The van der Waals surface area contributed by atoms with Crippen LogP contribution in [0.4, 0.5) is 0 Å². The van der Waals surface area contributed by atoms with Crippen LogP contribution in [0, 0.1) is 25.2 Å². The van der Waals surface area contributed by atoms with Crippen LogP contribution in [-0.2, 0) is 11.3 Å². The van der Waals surface area contributed by atoms with Gasteiger partial charge >= 0.3 is 0 Å². The molecule has 0 aliphatic carbocycles. The zero-order chi connectivity index (χ0) is 18.9. The number of carbonyl (C=O) groups excluding carboxylic acids is 1. The Bertz CT molecular complexity index is 675. The maximum absolute atomic E-state index is 12.3. The third-order valence-corrected chi connectivity index (χ3v) is 5.11. The highest BCUT2D eigenvalue weighted by atomic mass is 16.1. The van der Waals surface area contributed by atoms with E-state index < -0.39 is 0 Å². The average Bonchev–Trinajstić information content (AvgIpc) is 2.91.